The first-order valence-corrected chi connectivity index (χ1v) is 8.52. The van der Waals surface area contributed by atoms with Gasteiger partial charge in [0.2, 0.25) is 0 Å². The quantitative estimate of drug-likeness (QED) is 0.839. The molecular formula is C18H20N4O3. The molecule has 2 aromatic heterocycles. The number of rotatable bonds is 4. The van der Waals surface area contributed by atoms with Crippen LogP contribution in [0.1, 0.15) is 28.9 Å². The molecule has 2 fully saturated rings. The molecule has 0 bridgehead atoms. The largest absolute Gasteiger partial charge is 0.372 e. The van der Waals surface area contributed by atoms with Crippen molar-refractivity contribution < 1.29 is 14.3 Å². The highest BCUT2D eigenvalue weighted by Crippen LogP contribution is 2.33. The third kappa shape index (κ3) is 3.38. The summed E-state index contributed by atoms with van der Waals surface area (Å²) in [5, 5.41) is 0. The zero-order valence-electron chi connectivity index (χ0n) is 13.8. The maximum absolute atomic E-state index is 12.8. The zero-order chi connectivity index (χ0) is 17.1. The van der Waals surface area contributed by atoms with Gasteiger partial charge in [-0.1, -0.05) is 6.07 Å². The number of fused-ring (bicyclic) bond motifs is 1. The van der Waals surface area contributed by atoms with Gasteiger partial charge in [0, 0.05) is 25.1 Å². The minimum atomic E-state index is -0.0868. The first-order chi connectivity index (χ1) is 12.3. The Morgan fingerprint density at radius 1 is 1.28 bits per heavy atom. The molecule has 0 radical (unpaired) electrons. The van der Waals surface area contributed by atoms with Crippen molar-refractivity contribution in [1.29, 1.82) is 0 Å². The Morgan fingerprint density at radius 2 is 2.24 bits per heavy atom. The number of ether oxygens (including phenoxy) is 2. The van der Waals surface area contributed by atoms with Crippen LogP contribution in [0.4, 0.5) is 0 Å². The van der Waals surface area contributed by atoms with Crippen molar-refractivity contribution in [3.63, 3.8) is 0 Å². The highest BCUT2D eigenvalue weighted by atomic mass is 16.5. The van der Waals surface area contributed by atoms with Crippen molar-refractivity contribution in [2.45, 2.75) is 37.7 Å². The summed E-state index contributed by atoms with van der Waals surface area (Å²) in [7, 11) is 0. The van der Waals surface area contributed by atoms with Crippen LogP contribution in [0.3, 0.4) is 0 Å². The van der Waals surface area contributed by atoms with Gasteiger partial charge in [0.25, 0.3) is 5.91 Å². The molecule has 7 heteroatoms. The van der Waals surface area contributed by atoms with Gasteiger partial charge < -0.3 is 14.4 Å². The first-order valence-electron chi connectivity index (χ1n) is 8.52. The molecular weight excluding hydrogens is 320 g/mol. The molecule has 7 nitrogen and oxygen atoms in total. The second-order valence-corrected chi connectivity index (χ2v) is 6.28. The molecule has 1 saturated carbocycles. The number of morpholine rings is 1. The fraction of sp³-hybridized carbons (Fsp3) is 0.444. The molecule has 0 spiro atoms. The Hall–Kier alpha value is -2.38. The van der Waals surface area contributed by atoms with Crippen molar-refractivity contribution in [3.05, 3.63) is 54.4 Å². The second-order valence-electron chi connectivity index (χ2n) is 6.28. The number of hydrogen-bond donors (Lipinski definition) is 0. The number of pyridine rings is 1. The van der Waals surface area contributed by atoms with Gasteiger partial charge in [-0.15, -0.1) is 0 Å². The first kappa shape index (κ1) is 16.1. The average Bonchev–Trinajstić information content (AvgIpc) is 3.10. The summed E-state index contributed by atoms with van der Waals surface area (Å²) in [6.45, 7) is 1.61. The van der Waals surface area contributed by atoms with Gasteiger partial charge in [-0.3, -0.25) is 9.78 Å². The van der Waals surface area contributed by atoms with Crippen LogP contribution in [0.2, 0.25) is 0 Å². The van der Waals surface area contributed by atoms with E-state index in [1.807, 2.05) is 17.0 Å². The summed E-state index contributed by atoms with van der Waals surface area (Å²) in [6.07, 6.45) is 8.20. The molecule has 4 rings (SSSR count). The summed E-state index contributed by atoms with van der Waals surface area (Å²) in [4.78, 5) is 26.7. The van der Waals surface area contributed by atoms with Crippen LogP contribution in [0, 0.1) is 0 Å². The van der Waals surface area contributed by atoms with Gasteiger partial charge in [-0.25, -0.2) is 9.97 Å². The van der Waals surface area contributed by atoms with Crippen molar-refractivity contribution >= 4 is 5.91 Å². The summed E-state index contributed by atoms with van der Waals surface area (Å²) < 4.78 is 12.0. The van der Waals surface area contributed by atoms with E-state index in [1.54, 1.807) is 24.7 Å². The van der Waals surface area contributed by atoms with Crippen molar-refractivity contribution in [3.8, 4) is 0 Å². The zero-order valence-corrected chi connectivity index (χ0v) is 13.8. The molecule has 0 unspecified atom stereocenters. The van der Waals surface area contributed by atoms with E-state index in [4.69, 9.17) is 9.47 Å². The molecule has 0 aromatic carbocycles. The maximum atomic E-state index is 12.8. The van der Waals surface area contributed by atoms with Gasteiger partial charge in [0.05, 0.1) is 25.4 Å². The van der Waals surface area contributed by atoms with Crippen LogP contribution in [0.25, 0.3) is 0 Å². The Kier molecular flexibility index (Phi) is 4.67. The molecule has 2 aliphatic rings. The van der Waals surface area contributed by atoms with E-state index >= 15 is 0 Å². The van der Waals surface area contributed by atoms with E-state index < -0.39 is 0 Å². The molecule has 1 aliphatic carbocycles. The van der Waals surface area contributed by atoms with Crippen LogP contribution >= 0.6 is 0 Å². The van der Waals surface area contributed by atoms with E-state index in [2.05, 4.69) is 15.0 Å². The number of carbonyl (C=O) groups is 1. The maximum Gasteiger partial charge on any atom is 0.272 e. The highest BCUT2D eigenvalue weighted by Gasteiger charge is 2.45. The molecule has 130 valence electrons. The van der Waals surface area contributed by atoms with E-state index in [-0.39, 0.29) is 24.2 Å². The van der Waals surface area contributed by atoms with Crippen LogP contribution in [-0.4, -0.2) is 57.2 Å². The van der Waals surface area contributed by atoms with Crippen molar-refractivity contribution in [2.24, 2.45) is 0 Å². The van der Waals surface area contributed by atoms with Gasteiger partial charge in [0.15, 0.2) is 0 Å². The summed E-state index contributed by atoms with van der Waals surface area (Å²) in [6, 6.07) is 5.58. The standard InChI is InChI=1S/C18H20N4O3/c23-18(14-5-7-20-12-21-14)22-8-9-24-17-15(22)3-4-16(17)25-11-13-2-1-6-19-10-13/h1-2,5-7,10,12,15-17H,3-4,8-9,11H2/t15-,16-,17-/m1/s1. The lowest BCUT2D eigenvalue weighted by atomic mass is 10.1. The van der Waals surface area contributed by atoms with E-state index in [9.17, 15) is 4.79 Å². The SMILES string of the molecule is O=C(c1ccncn1)N1CCO[C@@H]2[C@H]1CC[C@H]2OCc1cccnc1. The average molecular weight is 340 g/mol. The Labute approximate surface area is 146 Å². The molecule has 0 N–H and O–H groups in total. The number of carbonyl (C=O) groups excluding carboxylic acids is 1. The second kappa shape index (κ2) is 7.25. The number of amides is 1. The number of nitrogens with zero attached hydrogens (tertiary/aromatic N) is 4. The van der Waals surface area contributed by atoms with E-state index in [0.29, 0.717) is 25.5 Å². The summed E-state index contributed by atoms with van der Waals surface area (Å²) >= 11 is 0. The van der Waals surface area contributed by atoms with Gasteiger partial charge in [0.1, 0.15) is 18.1 Å². The molecule has 1 aliphatic heterocycles. The highest BCUT2D eigenvalue weighted by molar-refractivity contribution is 5.92. The number of aromatic nitrogens is 3. The minimum absolute atomic E-state index is 0.00814. The van der Waals surface area contributed by atoms with Crippen molar-refractivity contribution in [1.82, 2.24) is 19.9 Å². The monoisotopic (exact) mass is 340 g/mol. The molecule has 1 saturated heterocycles. The molecule has 3 atom stereocenters. The van der Waals surface area contributed by atoms with E-state index in [1.165, 1.54) is 6.33 Å². The lowest BCUT2D eigenvalue weighted by molar-refractivity contribution is -0.108. The molecule has 25 heavy (non-hydrogen) atoms. The third-order valence-corrected chi connectivity index (χ3v) is 4.78. The van der Waals surface area contributed by atoms with Crippen LogP contribution in [0.15, 0.2) is 43.1 Å². The molecule has 1 amide bonds. The number of hydrogen-bond acceptors (Lipinski definition) is 6. The fourth-order valence-corrected chi connectivity index (χ4v) is 3.60. The Morgan fingerprint density at radius 3 is 3.04 bits per heavy atom. The lowest BCUT2D eigenvalue weighted by Crippen LogP contribution is -2.54. The minimum Gasteiger partial charge on any atom is -0.372 e. The van der Waals surface area contributed by atoms with Crippen LogP contribution in [-0.2, 0) is 16.1 Å². The summed E-state index contributed by atoms with van der Waals surface area (Å²) in [5.74, 6) is -0.0615. The molecule has 3 heterocycles. The molecule has 2 aromatic rings. The van der Waals surface area contributed by atoms with E-state index in [0.717, 1.165) is 18.4 Å². The van der Waals surface area contributed by atoms with Gasteiger partial charge in [-0.2, -0.15) is 0 Å². The Balaban J connectivity index is 1.42. The third-order valence-electron chi connectivity index (χ3n) is 4.78. The Bertz CT molecular complexity index is 713. The van der Waals surface area contributed by atoms with Crippen LogP contribution < -0.4 is 0 Å². The fourth-order valence-electron chi connectivity index (χ4n) is 3.60. The lowest BCUT2D eigenvalue weighted by Gasteiger charge is -2.38. The van der Waals surface area contributed by atoms with Gasteiger partial charge >= 0.3 is 0 Å². The predicted octanol–water partition coefficient (Wildman–Crippen LogP) is 1.46. The van der Waals surface area contributed by atoms with Crippen LogP contribution in [0.5, 0.6) is 0 Å². The predicted molar refractivity (Wildman–Crippen MR) is 88.6 cm³/mol. The topological polar surface area (TPSA) is 77.4 Å². The smallest absolute Gasteiger partial charge is 0.272 e. The van der Waals surface area contributed by atoms with Gasteiger partial charge in [-0.05, 0) is 30.5 Å². The summed E-state index contributed by atoms with van der Waals surface area (Å²) in [5.41, 5.74) is 1.46. The van der Waals surface area contributed by atoms with Crippen molar-refractivity contribution in [2.75, 3.05) is 13.2 Å². The normalized spacial score (nSPS) is 25.6.